The molecule has 0 heterocycles. The average Bonchev–Trinajstić information content (AvgIpc) is 2.41. The lowest BCUT2D eigenvalue weighted by atomic mass is 9.98. The summed E-state index contributed by atoms with van der Waals surface area (Å²) in [5, 5.41) is 12.1. The summed E-state index contributed by atoms with van der Waals surface area (Å²) < 4.78 is 31.4. The van der Waals surface area contributed by atoms with Crippen LogP contribution in [-0.2, 0) is 4.79 Å². The molecule has 0 saturated heterocycles. The first-order valence-corrected chi connectivity index (χ1v) is 6.46. The van der Waals surface area contributed by atoms with Gasteiger partial charge >= 0.3 is 5.97 Å². The number of hydrogen-bond acceptors (Lipinski definition) is 3. The Bertz CT molecular complexity index is 468. The van der Waals surface area contributed by atoms with Crippen LogP contribution in [0.15, 0.2) is 18.2 Å². The van der Waals surface area contributed by atoms with E-state index < -0.39 is 23.1 Å². The Morgan fingerprint density at radius 2 is 2.15 bits per heavy atom. The number of halogens is 2. The fourth-order valence-corrected chi connectivity index (χ4v) is 1.63. The van der Waals surface area contributed by atoms with E-state index in [1.807, 2.05) is 6.92 Å². The van der Waals surface area contributed by atoms with Crippen LogP contribution in [0, 0.1) is 11.6 Å². The second kappa shape index (κ2) is 7.19. The Morgan fingerprint density at radius 1 is 1.45 bits per heavy atom. The van der Waals surface area contributed by atoms with Gasteiger partial charge in [-0.3, -0.25) is 4.79 Å². The van der Waals surface area contributed by atoms with E-state index in [1.54, 1.807) is 0 Å². The van der Waals surface area contributed by atoms with Crippen LogP contribution in [0.3, 0.4) is 0 Å². The zero-order chi connectivity index (χ0) is 15.2. The van der Waals surface area contributed by atoms with Gasteiger partial charge in [0.1, 0.15) is 5.54 Å². The van der Waals surface area contributed by atoms with E-state index in [4.69, 9.17) is 4.74 Å². The Balaban J connectivity index is 2.60. The Kier molecular flexibility index (Phi) is 5.88. The van der Waals surface area contributed by atoms with Gasteiger partial charge in [0.25, 0.3) is 0 Å². The number of hydrogen-bond donors (Lipinski definition) is 2. The minimum atomic E-state index is -1.15. The van der Waals surface area contributed by atoms with Gasteiger partial charge in [0.2, 0.25) is 5.82 Å². The summed E-state index contributed by atoms with van der Waals surface area (Å²) in [5.41, 5.74) is -1.15. The van der Waals surface area contributed by atoms with Gasteiger partial charge in [0, 0.05) is 6.42 Å². The molecule has 0 saturated carbocycles. The molecule has 112 valence electrons. The Hall–Kier alpha value is -1.69. The van der Waals surface area contributed by atoms with Crippen LogP contribution >= 0.6 is 0 Å². The summed E-state index contributed by atoms with van der Waals surface area (Å²) in [6, 6.07) is 3.63. The number of carbonyl (C=O) groups is 1. The maximum atomic E-state index is 13.4. The van der Waals surface area contributed by atoms with E-state index in [1.165, 1.54) is 19.1 Å². The molecule has 0 bridgehead atoms. The fourth-order valence-electron chi connectivity index (χ4n) is 1.63. The lowest BCUT2D eigenvalue weighted by Gasteiger charge is -2.26. The molecule has 0 spiro atoms. The minimum absolute atomic E-state index is 0.0279. The molecule has 0 amide bonds. The van der Waals surface area contributed by atoms with E-state index in [2.05, 4.69) is 5.32 Å². The minimum Gasteiger partial charge on any atom is -0.490 e. The molecule has 1 unspecified atom stereocenters. The third-order valence-electron chi connectivity index (χ3n) is 3.01. The molecule has 4 nitrogen and oxygen atoms in total. The first-order valence-electron chi connectivity index (χ1n) is 6.46. The molecular formula is C14H19F2NO3. The van der Waals surface area contributed by atoms with Crippen LogP contribution in [-0.4, -0.2) is 29.8 Å². The van der Waals surface area contributed by atoms with Crippen molar-refractivity contribution in [2.45, 2.75) is 32.2 Å². The normalized spacial score (nSPS) is 13.8. The predicted molar refractivity (Wildman–Crippen MR) is 70.8 cm³/mol. The first kappa shape index (κ1) is 16.4. The molecule has 0 aromatic heterocycles. The van der Waals surface area contributed by atoms with Crippen LogP contribution in [0.25, 0.3) is 0 Å². The third kappa shape index (κ3) is 4.16. The number of aliphatic carboxylic acids is 1. The van der Waals surface area contributed by atoms with E-state index in [0.717, 1.165) is 12.5 Å². The Morgan fingerprint density at radius 3 is 2.75 bits per heavy atom. The van der Waals surface area contributed by atoms with Gasteiger partial charge in [-0.1, -0.05) is 13.0 Å². The van der Waals surface area contributed by atoms with Crippen molar-refractivity contribution in [3.8, 4) is 5.75 Å². The van der Waals surface area contributed by atoms with Crippen molar-refractivity contribution in [2.24, 2.45) is 0 Å². The number of carboxylic acids is 1. The average molecular weight is 287 g/mol. The topological polar surface area (TPSA) is 58.6 Å². The lowest BCUT2D eigenvalue weighted by molar-refractivity contribution is -0.144. The largest absolute Gasteiger partial charge is 0.490 e. The molecule has 20 heavy (non-hydrogen) atoms. The first-order chi connectivity index (χ1) is 9.40. The summed E-state index contributed by atoms with van der Waals surface area (Å²) >= 11 is 0. The van der Waals surface area contributed by atoms with Crippen LogP contribution in [0.5, 0.6) is 5.75 Å². The number of ether oxygens (including phenoxy) is 1. The maximum absolute atomic E-state index is 13.4. The van der Waals surface area contributed by atoms with Gasteiger partial charge in [0.05, 0.1) is 6.61 Å². The zero-order valence-electron chi connectivity index (χ0n) is 11.6. The highest BCUT2D eigenvalue weighted by Gasteiger charge is 2.32. The molecular weight excluding hydrogens is 268 g/mol. The monoisotopic (exact) mass is 287 g/mol. The van der Waals surface area contributed by atoms with Gasteiger partial charge in [-0.05, 0) is 32.0 Å². The number of nitrogens with one attached hydrogen (secondary N) is 1. The SMILES string of the molecule is CCCNC(C)(CCOc1cccc(F)c1F)C(=O)O. The van der Waals surface area contributed by atoms with Gasteiger partial charge in [-0.25, -0.2) is 4.39 Å². The summed E-state index contributed by atoms with van der Waals surface area (Å²) in [6.07, 6.45) is 0.931. The van der Waals surface area contributed by atoms with Crippen LogP contribution in [0.2, 0.25) is 0 Å². The molecule has 1 rings (SSSR count). The van der Waals surface area contributed by atoms with Crippen molar-refractivity contribution in [3.05, 3.63) is 29.8 Å². The highest BCUT2D eigenvalue weighted by atomic mass is 19.2. The number of benzene rings is 1. The van der Waals surface area contributed by atoms with Gasteiger partial charge in [-0.2, -0.15) is 4.39 Å². The molecule has 0 aliphatic rings. The number of rotatable bonds is 8. The van der Waals surface area contributed by atoms with E-state index >= 15 is 0 Å². The molecule has 0 aliphatic carbocycles. The van der Waals surface area contributed by atoms with Crippen molar-refractivity contribution in [1.29, 1.82) is 0 Å². The Labute approximate surface area is 116 Å². The van der Waals surface area contributed by atoms with Crippen molar-refractivity contribution in [2.75, 3.05) is 13.2 Å². The van der Waals surface area contributed by atoms with Crippen molar-refractivity contribution in [1.82, 2.24) is 5.32 Å². The van der Waals surface area contributed by atoms with Gasteiger partial charge in [-0.15, -0.1) is 0 Å². The quantitative estimate of drug-likeness (QED) is 0.771. The van der Waals surface area contributed by atoms with Crippen molar-refractivity contribution < 1.29 is 23.4 Å². The molecule has 0 aliphatic heterocycles. The van der Waals surface area contributed by atoms with E-state index in [9.17, 15) is 18.7 Å². The standard InChI is InChI=1S/C14H19F2NO3/c1-3-8-17-14(2,13(18)19)7-9-20-11-6-4-5-10(15)12(11)16/h4-6,17H,3,7-9H2,1-2H3,(H,18,19). The molecule has 0 fully saturated rings. The van der Waals surface area contributed by atoms with Crippen molar-refractivity contribution >= 4 is 5.97 Å². The van der Waals surface area contributed by atoms with Gasteiger partial charge in [0.15, 0.2) is 11.6 Å². The molecule has 0 radical (unpaired) electrons. The van der Waals surface area contributed by atoms with E-state index in [0.29, 0.717) is 6.54 Å². The summed E-state index contributed by atoms with van der Waals surface area (Å²) in [4.78, 5) is 11.2. The summed E-state index contributed by atoms with van der Waals surface area (Å²) in [5.74, 6) is -3.28. The summed E-state index contributed by atoms with van der Waals surface area (Å²) in [7, 11) is 0. The predicted octanol–water partition coefficient (Wildman–Crippen LogP) is 2.58. The number of carboxylic acid groups (broad SMARTS) is 1. The van der Waals surface area contributed by atoms with Crippen LogP contribution in [0.1, 0.15) is 26.7 Å². The zero-order valence-corrected chi connectivity index (χ0v) is 11.6. The van der Waals surface area contributed by atoms with Crippen LogP contribution in [0.4, 0.5) is 8.78 Å². The second-order valence-corrected chi connectivity index (χ2v) is 4.71. The molecule has 1 aromatic carbocycles. The lowest BCUT2D eigenvalue weighted by Crippen LogP contribution is -2.50. The van der Waals surface area contributed by atoms with Gasteiger partial charge < -0.3 is 15.2 Å². The molecule has 1 atom stereocenters. The highest BCUT2D eigenvalue weighted by molar-refractivity contribution is 5.78. The van der Waals surface area contributed by atoms with Crippen LogP contribution < -0.4 is 10.1 Å². The third-order valence-corrected chi connectivity index (χ3v) is 3.01. The fraction of sp³-hybridized carbons (Fsp3) is 0.500. The maximum Gasteiger partial charge on any atom is 0.323 e. The van der Waals surface area contributed by atoms with E-state index in [-0.39, 0.29) is 18.8 Å². The second-order valence-electron chi connectivity index (χ2n) is 4.71. The summed E-state index contributed by atoms with van der Waals surface area (Å²) in [6.45, 7) is 3.99. The molecule has 6 heteroatoms. The highest BCUT2D eigenvalue weighted by Crippen LogP contribution is 2.20. The smallest absolute Gasteiger partial charge is 0.323 e. The van der Waals surface area contributed by atoms with Crippen molar-refractivity contribution in [3.63, 3.8) is 0 Å². The molecule has 1 aromatic rings. The molecule has 2 N–H and O–H groups in total.